The van der Waals surface area contributed by atoms with Crippen molar-refractivity contribution in [3.63, 3.8) is 0 Å². The van der Waals surface area contributed by atoms with E-state index in [0.717, 1.165) is 30.4 Å². The molecule has 0 saturated heterocycles. The van der Waals surface area contributed by atoms with Gasteiger partial charge in [-0.3, -0.25) is 4.98 Å². The molecule has 2 nitrogen and oxygen atoms in total. The van der Waals surface area contributed by atoms with Crippen LogP contribution in [-0.4, -0.2) is 11.5 Å². The lowest BCUT2D eigenvalue weighted by atomic mass is 9.92. The molecular formula is C14H22N2. The maximum atomic E-state index is 4.50. The number of nitrogens with one attached hydrogen (secondary N) is 1. The Kier molecular flexibility index (Phi) is 3.29. The van der Waals surface area contributed by atoms with Gasteiger partial charge >= 0.3 is 0 Å². The van der Waals surface area contributed by atoms with Crippen LogP contribution in [0.15, 0.2) is 18.2 Å². The fourth-order valence-electron chi connectivity index (χ4n) is 2.26. The van der Waals surface area contributed by atoms with E-state index in [0.29, 0.717) is 5.41 Å². The van der Waals surface area contributed by atoms with E-state index in [9.17, 15) is 0 Å². The summed E-state index contributed by atoms with van der Waals surface area (Å²) in [5.74, 6) is 0.797. The molecule has 1 heterocycles. The molecule has 0 aromatic carbocycles. The molecule has 1 aliphatic rings. The van der Waals surface area contributed by atoms with E-state index >= 15 is 0 Å². The summed E-state index contributed by atoms with van der Waals surface area (Å²) in [7, 11) is 0. The van der Waals surface area contributed by atoms with Crippen LogP contribution in [0.4, 0.5) is 0 Å². The van der Waals surface area contributed by atoms with E-state index in [1.807, 2.05) is 13.0 Å². The molecule has 0 spiro atoms. The average molecular weight is 218 g/mol. The summed E-state index contributed by atoms with van der Waals surface area (Å²) in [6.07, 6.45) is 2.78. The van der Waals surface area contributed by atoms with Gasteiger partial charge in [0.05, 0.1) is 5.69 Å². The minimum atomic E-state index is 0.587. The average Bonchev–Trinajstić information content (AvgIpc) is 2.99. The van der Waals surface area contributed by atoms with Crippen molar-refractivity contribution in [3.05, 3.63) is 29.6 Å². The molecule has 2 rings (SSSR count). The Labute approximate surface area is 98.5 Å². The molecule has 1 N–H and O–H groups in total. The van der Waals surface area contributed by atoms with Gasteiger partial charge in [0.25, 0.3) is 0 Å². The van der Waals surface area contributed by atoms with Crippen molar-refractivity contribution in [2.24, 2.45) is 11.3 Å². The third-order valence-corrected chi connectivity index (χ3v) is 3.85. The van der Waals surface area contributed by atoms with Gasteiger partial charge in [-0.05, 0) is 43.2 Å². The predicted molar refractivity (Wildman–Crippen MR) is 67.2 cm³/mol. The molecule has 2 heteroatoms. The Balaban J connectivity index is 1.80. The summed E-state index contributed by atoms with van der Waals surface area (Å²) in [5, 5.41) is 3.55. The monoisotopic (exact) mass is 218 g/mol. The highest BCUT2D eigenvalue weighted by molar-refractivity contribution is 5.10. The Hall–Kier alpha value is -0.890. The molecule has 0 bridgehead atoms. The second-order valence-corrected chi connectivity index (χ2v) is 5.39. The van der Waals surface area contributed by atoms with Crippen LogP contribution >= 0.6 is 0 Å². The van der Waals surface area contributed by atoms with E-state index in [1.165, 1.54) is 12.8 Å². The maximum absolute atomic E-state index is 4.50. The summed E-state index contributed by atoms with van der Waals surface area (Å²) in [6.45, 7) is 8.75. The zero-order valence-corrected chi connectivity index (χ0v) is 10.6. The van der Waals surface area contributed by atoms with Crippen molar-refractivity contribution in [2.45, 2.75) is 40.2 Å². The second kappa shape index (κ2) is 4.54. The number of hydrogen-bond donors (Lipinski definition) is 1. The van der Waals surface area contributed by atoms with Crippen molar-refractivity contribution in [1.29, 1.82) is 0 Å². The number of hydrogen-bond acceptors (Lipinski definition) is 2. The van der Waals surface area contributed by atoms with Gasteiger partial charge in [-0.1, -0.05) is 19.9 Å². The summed E-state index contributed by atoms with van der Waals surface area (Å²) >= 11 is 0. The number of nitrogens with zero attached hydrogens (tertiary/aromatic N) is 1. The first-order valence-electron chi connectivity index (χ1n) is 6.26. The first kappa shape index (κ1) is 11.6. The summed E-state index contributed by atoms with van der Waals surface area (Å²) in [4.78, 5) is 4.50. The van der Waals surface area contributed by atoms with Gasteiger partial charge in [0.2, 0.25) is 0 Å². The van der Waals surface area contributed by atoms with Crippen molar-refractivity contribution >= 4 is 0 Å². The SMILES string of the molecule is Cc1cccc(CNCC2(C(C)C)CC2)n1. The van der Waals surface area contributed by atoms with Crippen LogP contribution in [0.25, 0.3) is 0 Å². The normalized spacial score (nSPS) is 17.8. The highest BCUT2D eigenvalue weighted by Crippen LogP contribution is 2.51. The molecule has 1 fully saturated rings. The number of aryl methyl sites for hydroxylation is 1. The largest absolute Gasteiger partial charge is 0.311 e. The number of pyridine rings is 1. The highest BCUT2D eigenvalue weighted by atomic mass is 14.9. The zero-order chi connectivity index (χ0) is 11.6. The summed E-state index contributed by atoms with van der Waals surface area (Å²) < 4.78 is 0. The van der Waals surface area contributed by atoms with Gasteiger partial charge in [0.1, 0.15) is 0 Å². The Bertz CT molecular complexity index is 354. The Morgan fingerprint density at radius 3 is 2.69 bits per heavy atom. The lowest BCUT2D eigenvalue weighted by Crippen LogP contribution is -2.27. The fourth-order valence-corrected chi connectivity index (χ4v) is 2.26. The first-order valence-corrected chi connectivity index (χ1v) is 6.26. The van der Waals surface area contributed by atoms with Crippen LogP contribution in [0.5, 0.6) is 0 Å². The number of rotatable bonds is 5. The lowest BCUT2D eigenvalue weighted by Gasteiger charge is -2.19. The molecule has 0 unspecified atom stereocenters. The first-order chi connectivity index (χ1) is 7.62. The third kappa shape index (κ3) is 2.62. The van der Waals surface area contributed by atoms with E-state index in [2.05, 4.69) is 36.3 Å². The van der Waals surface area contributed by atoms with Crippen LogP contribution in [0.3, 0.4) is 0 Å². The molecule has 1 aromatic heterocycles. The van der Waals surface area contributed by atoms with Crippen LogP contribution in [0, 0.1) is 18.3 Å². The Morgan fingerprint density at radius 2 is 2.12 bits per heavy atom. The van der Waals surface area contributed by atoms with E-state index in [4.69, 9.17) is 0 Å². The molecule has 1 aromatic rings. The standard InChI is InChI=1S/C14H22N2/c1-11(2)14(7-8-14)10-15-9-13-6-4-5-12(3)16-13/h4-6,11,15H,7-10H2,1-3H3. The topological polar surface area (TPSA) is 24.9 Å². The van der Waals surface area contributed by atoms with Gasteiger partial charge in [-0.25, -0.2) is 0 Å². The van der Waals surface area contributed by atoms with Crippen LogP contribution in [0.1, 0.15) is 38.1 Å². The molecule has 0 atom stereocenters. The molecule has 1 aliphatic carbocycles. The van der Waals surface area contributed by atoms with E-state index < -0.39 is 0 Å². The van der Waals surface area contributed by atoms with Crippen molar-refractivity contribution in [3.8, 4) is 0 Å². The summed E-state index contributed by atoms with van der Waals surface area (Å²) in [6, 6.07) is 6.21. The lowest BCUT2D eigenvalue weighted by molar-refractivity contribution is 0.337. The van der Waals surface area contributed by atoms with Crippen LogP contribution < -0.4 is 5.32 Å². The van der Waals surface area contributed by atoms with Gasteiger partial charge in [0.15, 0.2) is 0 Å². The van der Waals surface area contributed by atoms with E-state index in [-0.39, 0.29) is 0 Å². The fraction of sp³-hybridized carbons (Fsp3) is 0.643. The van der Waals surface area contributed by atoms with Gasteiger partial charge in [-0.2, -0.15) is 0 Å². The smallest absolute Gasteiger partial charge is 0.0544 e. The molecule has 88 valence electrons. The minimum absolute atomic E-state index is 0.587. The van der Waals surface area contributed by atoms with Gasteiger partial charge < -0.3 is 5.32 Å². The maximum Gasteiger partial charge on any atom is 0.0544 e. The minimum Gasteiger partial charge on any atom is -0.311 e. The molecule has 1 saturated carbocycles. The molecule has 0 radical (unpaired) electrons. The third-order valence-electron chi connectivity index (χ3n) is 3.85. The van der Waals surface area contributed by atoms with Gasteiger partial charge in [0, 0.05) is 18.8 Å². The van der Waals surface area contributed by atoms with Crippen molar-refractivity contribution in [2.75, 3.05) is 6.54 Å². The van der Waals surface area contributed by atoms with Crippen molar-refractivity contribution in [1.82, 2.24) is 10.3 Å². The van der Waals surface area contributed by atoms with Crippen LogP contribution in [0.2, 0.25) is 0 Å². The zero-order valence-electron chi connectivity index (χ0n) is 10.6. The quantitative estimate of drug-likeness (QED) is 0.822. The molecule has 0 amide bonds. The summed E-state index contributed by atoms with van der Waals surface area (Å²) in [5.41, 5.74) is 2.84. The molecule has 16 heavy (non-hydrogen) atoms. The second-order valence-electron chi connectivity index (χ2n) is 5.39. The molecule has 0 aliphatic heterocycles. The number of aromatic nitrogens is 1. The molecular weight excluding hydrogens is 196 g/mol. The highest BCUT2D eigenvalue weighted by Gasteiger charge is 2.44. The van der Waals surface area contributed by atoms with Crippen molar-refractivity contribution < 1.29 is 0 Å². The van der Waals surface area contributed by atoms with Crippen LogP contribution in [-0.2, 0) is 6.54 Å². The van der Waals surface area contributed by atoms with E-state index in [1.54, 1.807) is 0 Å². The van der Waals surface area contributed by atoms with Gasteiger partial charge in [-0.15, -0.1) is 0 Å². The predicted octanol–water partition coefficient (Wildman–Crippen LogP) is 2.92. The Morgan fingerprint density at radius 1 is 1.38 bits per heavy atom.